The lowest BCUT2D eigenvalue weighted by Gasteiger charge is -2.07. The number of rotatable bonds is 7. The third kappa shape index (κ3) is 3.84. The van der Waals surface area contributed by atoms with Gasteiger partial charge in [0.05, 0.1) is 11.4 Å². The van der Waals surface area contributed by atoms with Crippen molar-refractivity contribution in [2.24, 2.45) is 0 Å². The molecular formula is C15H20ClN5O. The van der Waals surface area contributed by atoms with Gasteiger partial charge in [0, 0.05) is 18.1 Å². The number of nitrogens with zero attached hydrogens (tertiary/aromatic N) is 3. The first-order valence-corrected chi connectivity index (χ1v) is 7.74. The highest BCUT2D eigenvalue weighted by Crippen LogP contribution is 2.17. The molecule has 0 saturated carbocycles. The Morgan fingerprint density at radius 1 is 1.32 bits per heavy atom. The van der Waals surface area contributed by atoms with Crippen molar-refractivity contribution in [1.29, 1.82) is 0 Å². The molecule has 1 amide bonds. The highest BCUT2D eigenvalue weighted by molar-refractivity contribution is 6.30. The van der Waals surface area contributed by atoms with Crippen molar-refractivity contribution in [3.05, 3.63) is 40.7 Å². The van der Waals surface area contributed by atoms with Crippen molar-refractivity contribution in [2.75, 3.05) is 19.6 Å². The Kier molecular flexibility index (Phi) is 5.91. The second kappa shape index (κ2) is 7.91. The fraction of sp³-hybridized carbons (Fsp3) is 0.400. The summed E-state index contributed by atoms with van der Waals surface area (Å²) < 4.78 is 1.66. The maximum atomic E-state index is 12.2. The zero-order valence-corrected chi connectivity index (χ0v) is 13.5. The molecule has 1 aromatic heterocycles. The summed E-state index contributed by atoms with van der Waals surface area (Å²) in [7, 11) is 0. The van der Waals surface area contributed by atoms with Crippen molar-refractivity contribution in [1.82, 2.24) is 25.6 Å². The summed E-state index contributed by atoms with van der Waals surface area (Å²) in [5.41, 5.74) is 1.92. The van der Waals surface area contributed by atoms with Gasteiger partial charge in [0.25, 0.3) is 5.91 Å². The SMILES string of the molecule is CCNCCNC(=O)c1nnn(-c2cccc(Cl)c2)c1CC. The van der Waals surface area contributed by atoms with Crippen molar-refractivity contribution in [2.45, 2.75) is 20.3 Å². The summed E-state index contributed by atoms with van der Waals surface area (Å²) in [6.07, 6.45) is 0.648. The van der Waals surface area contributed by atoms with Gasteiger partial charge in [-0.05, 0) is 31.2 Å². The zero-order valence-electron chi connectivity index (χ0n) is 12.8. The maximum Gasteiger partial charge on any atom is 0.273 e. The lowest BCUT2D eigenvalue weighted by Crippen LogP contribution is -2.32. The molecule has 0 aliphatic heterocycles. The third-order valence-corrected chi connectivity index (χ3v) is 3.44. The minimum absolute atomic E-state index is 0.206. The highest BCUT2D eigenvalue weighted by atomic mass is 35.5. The van der Waals surface area contributed by atoms with E-state index in [0.717, 1.165) is 24.5 Å². The van der Waals surface area contributed by atoms with Crippen LogP contribution in [0, 0.1) is 0 Å². The Hall–Kier alpha value is -1.92. The van der Waals surface area contributed by atoms with Crippen molar-refractivity contribution in [3.63, 3.8) is 0 Å². The molecule has 6 nitrogen and oxygen atoms in total. The van der Waals surface area contributed by atoms with E-state index in [9.17, 15) is 4.79 Å². The Bertz CT molecular complexity index is 641. The highest BCUT2D eigenvalue weighted by Gasteiger charge is 2.18. The topological polar surface area (TPSA) is 71.8 Å². The van der Waals surface area contributed by atoms with Gasteiger partial charge in [0.2, 0.25) is 0 Å². The number of halogens is 1. The first-order chi connectivity index (χ1) is 10.7. The van der Waals surface area contributed by atoms with Gasteiger partial charge in [0.15, 0.2) is 5.69 Å². The molecule has 7 heteroatoms. The maximum absolute atomic E-state index is 12.2. The normalized spacial score (nSPS) is 10.7. The summed E-state index contributed by atoms with van der Waals surface area (Å²) in [4.78, 5) is 12.2. The molecule has 2 aromatic rings. The van der Waals surface area contributed by atoms with Crippen LogP contribution < -0.4 is 10.6 Å². The predicted molar refractivity (Wildman–Crippen MR) is 86.6 cm³/mol. The van der Waals surface area contributed by atoms with Crippen LogP contribution in [-0.4, -0.2) is 40.5 Å². The summed E-state index contributed by atoms with van der Waals surface area (Å²) in [6, 6.07) is 7.31. The van der Waals surface area contributed by atoms with Crippen LogP contribution in [0.15, 0.2) is 24.3 Å². The van der Waals surface area contributed by atoms with E-state index in [1.807, 2.05) is 26.0 Å². The molecule has 2 N–H and O–H groups in total. The molecule has 0 saturated heterocycles. The first-order valence-electron chi connectivity index (χ1n) is 7.36. The van der Waals surface area contributed by atoms with Crippen LogP contribution in [-0.2, 0) is 6.42 Å². The smallest absolute Gasteiger partial charge is 0.273 e. The number of nitrogens with one attached hydrogen (secondary N) is 2. The Balaban J connectivity index is 2.18. The quantitative estimate of drug-likeness (QED) is 0.763. The standard InChI is InChI=1S/C15H20ClN5O/c1-3-13-14(15(22)18-9-8-17-4-2)19-20-21(13)12-7-5-6-11(16)10-12/h5-7,10,17H,3-4,8-9H2,1-2H3,(H,18,22). The molecule has 0 fully saturated rings. The molecule has 0 spiro atoms. The molecule has 0 bridgehead atoms. The lowest BCUT2D eigenvalue weighted by atomic mass is 10.2. The predicted octanol–water partition coefficient (Wildman–Crippen LogP) is 1.82. The molecule has 0 unspecified atom stereocenters. The van der Waals surface area contributed by atoms with Crippen molar-refractivity contribution in [3.8, 4) is 5.69 Å². The molecule has 0 aliphatic rings. The van der Waals surface area contributed by atoms with Gasteiger partial charge >= 0.3 is 0 Å². The monoisotopic (exact) mass is 321 g/mol. The number of benzene rings is 1. The van der Waals surface area contributed by atoms with Crippen LogP contribution in [0.3, 0.4) is 0 Å². The van der Waals surface area contributed by atoms with E-state index in [4.69, 9.17) is 11.6 Å². The van der Waals surface area contributed by atoms with Crippen LogP contribution >= 0.6 is 11.6 Å². The summed E-state index contributed by atoms with van der Waals surface area (Å²) in [5, 5.41) is 14.7. The van der Waals surface area contributed by atoms with Gasteiger partial charge in [-0.2, -0.15) is 0 Å². The Labute approximate surface area is 134 Å². The summed E-state index contributed by atoms with van der Waals surface area (Å²) in [5.74, 6) is -0.206. The number of hydrogen-bond acceptors (Lipinski definition) is 4. The Morgan fingerprint density at radius 2 is 2.14 bits per heavy atom. The molecule has 0 radical (unpaired) electrons. The van der Waals surface area contributed by atoms with Gasteiger partial charge in [0.1, 0.15) is 0 Å². The van der Waals surface area contributed by atoms with Crippen LogP contribution in [0.25, 0.3) is 5.69 Å². The second-order valence-electron chi connectivity index (χ2n) is 4.74. The third-order valence-electron chi connectivity index (χ3n) is 3.20. The molecule has 1 heterocycles. The van der Waals surface area contributed by atoms with Crippen molar-refractivity contribution >= 4 is 17.5 Å². The number of likely N-dealkylation sites (N-methyl/N-ethyl adjacent to an activating group) is 1. The van der Waals surface area contributed by atoms with E-state index in [2.05, 4.69) is 20.9 Å². The zero-order chi connectivity index (χ0) is 15.9. The number of carbonyl (C=O) groups is 1. The molecule has 22 heavy (non-hydrogen) atoms. The molecule has 2 rings (SSSR count). The summed E-state index contributed by atoms with van der Waals surface area (Å²) >= 11 is 6.01. The average Bonchev–Trinajstić information content (AvgIpc) is 2.95. The van der Waals surface area contributed by atoms with E-state index in [1.165, 1.54) is 0 Å². The van der Waals surface area contributed by atoms with Gasteiger partial charge in [-0.25, -0.2) is 4.68 Å². The fourth-order valence-electron chi connectivity index (χ4n) is 2.14. The number of amides is 1. The minimum Gasteiger partial charge on any atom is -0.349 e. The van der Waals surface area contributed by atoms with E-state index in [1.54, 1.807) is 16.8 Å². The van der Waals surface area contributed by atoms with Gasteiger partial charge in [-0.3, -0.25) is 4.79 Å². The molecule has 118 valence electrons. The largest absolute Gasteiger partial charge is 0.349 e. The van der Waals surface area contributed by atoms with Crippen molar-refractivity contribution < 1.29 is 4.79 Å². The molecule has 0 atom stereocenters. The molecular weight excluding hydrogens is 302 g/mol. The molecule has 1 aromatic carbocycles. The van der Waals surface area contributed by atoms with Crippen LogP contribution in [0.1, 0.15) is 30.0 Å². The minimum atomic E-state index is -0.206. The number of aromatic nitrogens is 3. The number of hydrogen-bond donors (Lipinski definition) is 2. The first kappa shape index (κ1) is 16.5. The average molecular weight is 322 g/mol. The van der Waals surface area contributed by atoms with E-state index >= 15 is 0 Å². The van der Waals surface area contributed by atoms with E-state index in [0.29, 0.717) is 23.7 Å². The number of carbonyl (C=O) groups excluding carboxylic acids is 1. The van der Waals surface area contributed by atoms with Crippen LogP contribution in [0.5, 0.6) is 0 Å². The van der Waals surface area contributed by atoms with Crippen LogP contribution in [0.2, 0.25) is 5.02 Å². The van der Waals surface area contributed by atoms with Gasteiger partial charge in [-0.15, -0.1) is 5.10 Å². The second-order valence-corrected chi connectivity index (χ2v) is 5.18. The lowest BCUT2D eigenvalue weighted by molar-refractivity contribution is 0.0948. The molecule has 0 aliphatic carbocycles. The van der Waals surface area contributed by atoms with E-state index < -0.39 is 0 Å². The Morgan fingerprint density at radius 3 is 2.82 bits per heavy atom. The van der Waals surface area contributed by atoms with Gasteiger partial charge in [-0.1, -0.05) is 36.7 Å². The summed E-state index contributed by atoms with van der Waals surface area (Å²) in [6.45, 7) is 6.15. The van der Waals surface area contributed by atoms with E-state index in [-0.39, 0.29) is 5.91 Å². The van der Waals surface area contributed by atoms with Gasteiger partial charge < -0.3 is 10.6 Å². The fourth-order valence-corrected chi connectivity index (χ4v) is 2.32. The van der Waals surface area contributed by atoms with Crippen LogP contribution in [0.4, 0.5) is 0 Å².